The van der Waals surface area contributed by atoms with E-state index >= 15 is 0 Å². The van der Waals surface area contributed by atoms with Crippen molar-refractivity contribution in [2.45, 2.75) is 24.8 Å². The topological polar surface area (TPSA) is 109 Å². The van der Waals surface area contributed by atoms with Crippen LogP contribution < -0.4 is 14.8 Å². The van der Waals surface area contributed by atoms with Crippen LogP contribution in [0.4, 0.5) is 0 Å². The van der Waals surface area contributed by atoms with Crippen LogP contribution in [0, 0.1) is 11.3 Å². The molecule has 7 nitrogen and oxygen atoms in total. The van der Waals surface area contributed by atoms with E-state index in [0.717, 1.165) is 6.42 Å². The molecule has 2 rings (SSSR count). The van der Waals surface area contributed by atoms with Gasteiger partial charge in [0.15, 0.2) is 18.1 Å². The van der Waals surface area contributed by atoms with Crippen LogP contribution in [0.15, 0.2) is 18.2 Å². The van der Waals surface area contributed by atoms with E-state index in [0.29, 0.717) is 29.9 Å². The first-order valence-electron chi connectivity index (χ1n) is 6.76. The van der Waals surface area contributed by atoms with Crippen LogP contribution in [0.2, 0.25) is 0 Å². The third-order valence-electron chi connectivity index (χ3n) is 3.65. The van der Waals surface area contributed by atoms with Gasteiger partial charge in [0.25, 0.3) is 5.91 Å². The summed E-state index contributed by atoms with van der Waals surface area (Å²) >= 11 is 0. The van der Waals surface area contributed by atoms with Crippen LogP contribution in [0.5, 0.6) is 11.5 Å². The highest BCUT2D eigenvalue weighted by Crippen LogP contribution is 2.32. The number of nitriles is 1. The summed E-state index contributed by atoms with van der Waals surface area (Å²) in [5.41, 5.74) is -0.747. The van der Waals surface area contributed by atoms with E-state index in [1.807, 2.05) is 6.07 Å². The van der Waals surface area contributed by atoms with E-state index < -0.39 is 17.4 Å². The summed E-state index contributed by atoms with van der Waals surface area (Å²) in [6.45, 7) is -0.322. The Bertz CT molecular complexity index is 631. The fourth-order valence-electron chi connectivity index (χ4n) is 2.23. The molecule has 1 saturated carbocycles. The van der Waals surface area contributed by atoms with Crippen LogP contribution in [-0.4, -0.2) is 36.2 Å². The molecule has 1 aromatic carbocycles. The largest absolute Gasteiger partial charge is 0.493 e. The highest BCUT2D eigenvalue weighted by Gasteiger charge is 2.45. The molecule has 0 bridgehead atoms. The summed E-state index contributed by atoms with van der Waals surface area (Å²) in [6.07, 6.45) is 1.62. The average Bonchev–Trinajstić information content (AvgIpc) is 2.48. The summed E-state index contributed by atoms with van der Waals surface area (Å²) in [6, 6.07) is 6.54. The number of aliphatic carboxylic acids is 1. The molecule has 0 spiro atoms. The van der Waals surface area contributed by atoms with Crippen LogP contribution in [0.1, 0.15) is 24.8 Å². The molecule has 0 saturated heterocycles. The Morgan fingerprint density at radius 2 is 2.14 bits per heavy atom. The van der Waals surface area contributed by atoms with Crippen LogP contribution >= 0.6 is 0 Å². The number of amides is 1. The molecule has 7 heteroatoms. The summed E-state index contributed by atoms with van der Waals surface area (Å²) in [5, 5.41) is 20.5. The van der Waals surface area contributed by atoms with Gasteiger partial charge < -0.3 is 19.9 Å². The summed E-state index contributed by atoms with van der Waals surface area (Å²) in [4.78, 5) is 23.0. The van der Waals surface area contributed by atoms with Crippen molar-refractivity contribution in [2.75, 3.05) is 13.7 Å². The molecule has 116 valence electrons. The van der Waals surface area contributed by atoms with Gasteiger partial charge in [-0.25, -0.2) is 4.79 Å². The first kappa shape index (κ1) is 15.6. The molecule has 0 aromatic heterocycles. The Kier molecular flexibility index (Phi) is 4.51. The Balaban J connectivity index is 1.97. The number of carboxylic acids is 1. The maximum Gasteiger partial charge on any atom is 0.329 e. The highest BCUT2D eigenvalue weighted by molar-refractivity contribution is 5.88. The molecule has 1 amide bonds. The van der Waals surface area contributed by atoms with E-state index in [1.165, 1.54) is 19.2 Å². The van der Waals surface area contributed by atoms with E-state index in [4.69, 9.17) is 19.8 Å². The van der Waals surface area contributed by atoms with Gasteiger partial charge in [-0.15, -0.1) is 0 Å². The van der Waals surface area contributed by atoms with Gasteiger partial charge in [-0.05, 0) is 31.4 Å². The number of carboxylic acid groups (broad SMARTS) is 1. The summed E-state index contributed by atoms with van der Waals surface area (Å²) < 4.78 is 10.4. The Morgan fingerprint density at radius 3 is 2.64 bits per heavy atom. The molecule has 0 unspecified atom stereocenters. The van der Waals surface area contributed by atoms with E-state index in [-0.39, 0.29) is 6.61 Å². The number of ether oxygens (including phenoxy) is 2. The van der Waals surface area contributed by atoms with E-state index in [9.17, 15) is 9.59 Å². The van der Waals surface area contributed by atoms with Crippen molar-refractivity contribution in [3.8, 4) is 17.6 Å². The third-order valence-corrected chi connectivity index (χ3v) is 3.65. The maximum absolute atomic E-state index is 11.9. The second-order valence-corrected chi connectivity index (χ2v) is 5.06. The molecule has 0 atom stereocenters. The number of carbonyl (C=O) groups excluding carboxylic acids is 1. The molecule has 1 aliphatic carbocycles. The second-order valence-electron chi connectivity index (χ2n) is 5.06. The lowest BCUT2D eigenvalue weighted by Gasteiger charge is -2.38. The predicted molar refractivity (Wildman–Crippen MR) is 75.6 cm³/mol. The molecule has 1 aromatic rings. The molecule has 1 aliphatic rings. The Morgan fingerprint density at radius 1 is 1.41 bits per heavy atom. The summed E-state index contributed by atoms with van der Waals surface area (Å²) in [5.74, 6) is -0.880. The van der Waals surface area contributed by atoms with Crippen molar-refractivity contribution >= 4 is 11.9 Å². The minimum absolute atomic E-state index is 0.314. The number of hydrogen-bond acceptors (Lipinski definition) is 5. The fourth-order valence-corrected chi connectivity index (χ4v) is 2.23. The monoisotopic (exact) mass is 304 g/mol. The van der Waals surface area contributed by atoms with Crippen molar-refractivity contribution in [2.24, 2.45) is 0 Å². The van der Waals surface area contributed by atoms with Gasteiger partial charge in [0.1, 0.15) is 5.54 Å². The second kappa shape index (κ2) is 6.35. The molecule has 0 radical (unpaired) electrons. The van der Waals surface area contributed by atoms with Crippen molar-refractivity contribution in [1.29, 1.82) is 5.26 Å². The number of methoxy groups -OCH3 is 1. The molecular formula is C15H16N2O5. The van der Waals surface area contributed by atoms with Gasteiger partial charge in [0.2, 0.25) is 0 Å². The maximum atomic E-state index is 11.9. The first-order chi connectivity index (χ1) is 10.5. The first-order valence-corrected chi connectivity index (χ1v) is 6.76. The number of nitrogens with zero attached hydrogens (tertiary/aromatic N) is 1. The molecular weight excluding hydrogens is 288 g/mol. The highest BCUT2D eigenvalue weighted by atomic mass is 16.5. The molecule has 0 aliphatic heterocycles. The molecule has 0 heterocycles. The van der Waals surface area contributed by atoms with Crippen molar-refractivity contribution in [3.63, 3.8) is 0 Å². The van der Waals surface area contributed by atoms with Crippen molar-refractivity contribution in [1.82, 2.24) is 5.32 Å². The van der Waals surface area contributed by atoms with Crippen molar-refractivity contribution in [3.05, 3.63) is 23.8 Å². The lowest BCUT2D eigenvalue weighted by molar-refractivity contribution is -0.152. The standard InChI is InChI=1S/C15H16N2O5/c1-21-12-7-10(8-16)3-4-11(12)22-9-13(18)17-15(14(19)20)5-2-6-15/h3-4,7H,2,5-6,9H2,1H3,(H,17,18)(H,19,20). The lowest BCUT2D eigenvalue weighted by Crippen LogP contribution is -2.59. The van der Waals surface area contributed by atoms with Gasteiger partial charge in [0, 0.05) is 6.07 Å². The van der Waals surface area contributed by atoms with Gasteiger partial charge in [-0.3, -0.25) is 4.79 Å². The van der Waals surface area contributed by atoms with Crippen molar-refractivity contribution < 1.29 is 24.2 Å². The Labute approximate surface area is 127 Å². The minimum Gasteiger partial charge on any atom is -0.493 e. The zero-order valence-corrected chi connectivity index (χ0v) is 12.1. The zero-order chi connectivity index (χ0) is 16.2. The predicted octanol–water partition coefficient (Wildman–Crippen LogP) is 1.07. The van der Waals surface area contributed by atoms with Crippen LogP contribution in [0.25, 0.3) is 0 Å². The average molecular weight is 304 g/mol. The normalized spacial score (nSPS) is 15.1. The number of nitrogens with one attached hydrogen (secondary N) is 1. The number of carbonyl (C=O) groups is 2. The number of hydrogen-bond donors (Lipinski definition) is 2. The quantitative estimate of drug-likeness (QED) is 0.813. The van der Waals surface area contributed by atoms with Gasteiger partial charge in [-0.2, -0.15) is 5.26 Å². The number of rotatable bonds is 6. The lowest BCUT2D eigenvalue weighted by atomic mass is 9.77. The van der Waals surface area contributed by atoms with Gasteiger partial charge in [-0.1, -0.05) is 0 Å². The fraction of sp³-hybridized carbons (Fsp3) is 0.400. The number of benzene rings is 1. The minimum atomic E-state index is -1.16. The van der Waals surface area contributed by atoms with E-state index in [2.05, 4.69) is 5.32 Å². The SMILES string of the molecule is COc1cc(C#N)ccc1OCC(=O)NC1(C(=O)O)CCC1. The van der Waals surface area contributed by atoms with Gasteiger partial charge in [0.05, 0.1) is 18.7 Å². The smallest absolute Gasteiger partial charge is 0.329 e. The molecule has 22 heavy (non-hydrogen) atoms. The summed E-state index contributed by atoms with van der Waals surface area (Å²) in [7, 11) is 1.43. The third kappa shape index (κ3) is 3.11. The van der Waals surface area contributed by atoms with E-state index in [1.54, 1.807) is 6.07 Å². The van der Waals surface area contributed by atoms with Crippen LogP contribution in [-0.2, 0) is 9.59 Å². The Hall–Kier alpha value is -2.75. The molecule has 2 N–H and O–H groups in total. The molecule has 1 fully saturated rings. The van der Waals surface area contributed by atoms with Crippen LogP contribution in [0.3, 0.4) is 0 Å². The zero-order valence-electron chi connectivity index (χ0n) is 12.1. The van der Waals surface area contributed by atoms with Gasteiger partial charge >= 0.3 is 5.97 Å².